The van der Waals surface area contributed by atoms with Gasteiger partial charge in [0.25, 0.3) is 11.5 Å². The summed E-state index contributed by atoms with van der Waals surface area (Å²) < 4.78 is 2.77. The van der Waals surface area contributed by atoms with Crippen LogP contribution in [0.5, 0.6) is 0 Å². The molecule has 0 unspecified atom stereocenters. The molecule has 6 nitrogen and oxygen atoms in total. The van der Waals surface area contributed by atoms with E-state index in [0.717, 1.165) is 41.6 Å². The molecule has 2 fully saturated rings. The molecule has 0 N–H and O–H groups in total. The molecule has 3 heterocycles. The summed E-state index contributed by atoms with van der Waals surface area (Å²) in [5.41, 5.74) is 1.87. The lowest BCUT2D eigenvalue weighted by Crippen LogP contribution is -2.40. The number of para-hydroxylation sites is 1. The minimum atomic E-state index is 0.0206. The molecule has 0 radical (unpaired) electrons. The third-order valence-electron chi connectivity index (χ3n) is 5.73. The number of piperidine rings is 1. The molecule has 1 aliphatic heterocycles. The van der Waals surface area contributed by atoms with Crippen LogP contribution in [0.2, 0.25) is 0 Å². The van der Waals surface area contributed by atoms with E-state index < -0.39 is 0 Å². The first-order valence-corrected chi connectivity index (χ1v) is 10.7. The highest BCUT2D eigenvalue weighted by atomic mass is 32.1. The standard InChI is InChI=1S/C21H22N4O2S/c26-19-11-17(15-5-6-15)22-13-25(19)12-14-7-9-24(10-8-14)21(27)20-23-16-3-1-2-4-18(16)28-20/h1-4,11,13-15H,5-10,12H2. The van der Waals surface area contributed by atoms with Crippen molar-refractivity contribution in [3.8, 4) is 0 Å². The van der Waals surface area contributed by atoms with Gasteiger partial charge in [0.1, 0.15) is 0 Å². The number of likely N-dealkylation sites (tertiary alicyclic amines) is 1. The Hall–Kier alpha value is -2.54. The van der Waals surface area contributed by atoms with Crippen molar-refractivity contribution in [3.63, 3.8) is 0 Å². The molecule has 1 saturated carbocycles. The Morgan fingerprint density at radius 3 is 2.64 bits per heavy atom. The van der Waals surface area contributed by atoms with E-state index in [-0.39, 0.29) is 11.5 Å². The second-order valence-electron chi connectivity index (χ2n) is 7.80. The van der Waals surface area contributed by atoms with Crippen LogP contribution < -0.4 is 5.56 Å². The smallest absolute Gasteiger partial charge is 0.282 e. The summed E-state index contributed by atoms with van der Waals surface area (Å²) in [6.45, 7) is 2.10. The van der Waals surface area contributed by atoms with Crippen molar-refractivity contribution in [1.82, 2.24) is 19.4 Å². The lowest BCUT2D eigenvalue weighted by molar-refractivity contribution is 0.0682. The molecule has 1 aromatic carbocycles. The predicted molar refractivity (Wildman–Crippen MR) is 109 cm³/mol. The maximum atomic E-state index is 12.8. The van der Waals surface area contributed by atoms with Gasteiger partial charge in [0, 0.05) is 31.6 Å². The van der Waals surface area contributed by atoms with E-state index in [2.05, 4.69) is 9.97 Å². The van der Waals surface area contributed by atoms with Crippen molar-refractivity contribution >= 4 is 27.5 Å². The molecule has 0 bridgehead atoms. The van der Waals surface area contributed by atoms with Gasteiger partial charge in [0.05, 0.1) is 22.2 Å². The van der Waals surface area contributed by atoms with Crippen molar-refractivity contribution in [1.29, 1.82) is 0 Å². The summed E-state index contributed by atoms with van der Waals surface area (Å²) in [6, 6.07) is 9.54. The summed E-state index contributed by atoms with van der Waals surface area (Å²) >= 11 is 1.46. The number of rotatable bonds is 4. The number of thiazole rings is 1. The Morgan fingerprint density at radius 1 is 1.14 bits per heavy atom. The fourth-order valence-electron chi connectivity index (χ4n) is 3.88. The minimum Gasteiger partial charge on any atom is -0.337 e. The third-order valence-corrected chi connectivity index (χ3v) is 6.75. The fourth-order valence-corrected chi connectivity index (χ4v) is 4.81. The van der Waals surface area contributed by atoms with Crippen molar-refractivity contribution in [2.24, 2.45) is 5.92 Å². The van der Waals surface area contributed by atoms with Gasteiger partial charge in [-0.05, 0) is 43.7 Å². The monoisotopic (exact) mass is 394 g/mol. The van der Waals surface area contributed by atoms with Gasteiger partial charge in [0.2, 0.25) is 0 Å². The quantitative estimate of drug-likeness (QED) is 0.681. The molecule has 7 heteroatoms. The van der Waals surface area contributed by atoms with Gasteiger partial charge in [-0.3, -0.25) is 14.2 Å². The number of carbonyl (C=O) groups excluding carboxylic acids is 1. The molecular formula is C21H22N4O2S. The van der Waals surface area contributed by atoms with E-state index in [4.69, 9.17) is 0 Å². The van der Waals surface area contributed by atoms with Gasteiger partial charge in [-0.15, -0.1) is 11.3 Å². The number of nitrogens with zero attached hydrogens (tertiary/aromatic N) is 4. The number of benzene rings is 1. The number of hydrogen-bond acceptors (Lipinski definition) is 5. The number of hydrogen-bond donors (Lipinski definition) is 0. The minimum absolute atomic E-state index is 0.0206. The highest BCUT2D eigenvalue weighted by molar-refractivity contribution is 7.20. The fraction of sp³-hybridized carbons (Fsp3) is 0.429. The van der Waals surface area contributed by atoms with Crippen molar-refractivity contribution in [2.45, 2.75) is 38.1 Å². The van der Waals surface area contributed by atoms with E-state index in [0.29, 0.717) is 36.5 Å². The Labute approximate surface area is 166 Å². The largest absolute Gasteiger partial charge is 0.337 e. The van der Waals surface area contributed by atoms with Crippen LogP contribution in [-0.2, 0) is 6.54 Å². The summed E-state index contributed by atoms with van der Waals surface area (Å²) in [5.74, 6) is 0.914. The molecule has 1 aliphatic carbocycles. The van der Waals surface area contributed by atoms with E-state index >= 15 is 0 Å². The zero-order valence-electron chi connectivity index (χ0n) is 15.6. The van der Waals surface area contributed by atoms with Gasteiger partial charge < -0.3 is 4.90 Å². The lowest BCUT2D eigenvalue weighted by Gasteiger charge is -2.31. The van der Waals surface area contributed by atoms with E-state index in [1.165, 1.54) is 11.3 Å². The molecule has 5 rings (SSSR count). The summed E-state index contributed by atoms with van der Waals surface area (Å²) in [5, 5.41) is 0.565. The van der Waals surface area contributed by atoms with Gasteiger partial charge >= 0.3 is 0 Å². The number of fused-ring (bicyclic) bond motifs is 1. The second kappa shape index (κ2) is 7.13. The SMILES string of the molecule is O=C(c1nc2ccccc2s1)N1CCC(Cn2cnc(C3CC3)cc2=O)CC1. The summed E-state index contributed by atoms with van der Waals surface area (Å²) in [4.78, 5) is 36.0. The zero-order valence-corrected chi connectivity index (χ0v) is 16.4. The summed E-state index contributed by atoms with van der Waals surface area (Å²) in [6.07, 6.45) is 5.80. The van der Waals surface area contributed by atoms with Crippen LogP contribution in [0.4, 0.5) is 0 Å². The Bertz CT molecular complexity index is 1040. The Morgan fingerprint density at radius 2 is 1.93 bits per heavy atom. The highest BCUT2D eigenvalue weighted by Gasteiger charge is 2.27. The molecule has 28 heavy (non-hydrogen) atoms. The molecule has 2 aliphatic rings. The van der Waals surface area contributed by atoms with Crippen LogP contribution in [0.15, 0.2) is 41.5 Å². The number of carbonyl (C=O) groups is 1. The summed E-state index contributed by atoms with van der Waals surface area (Å²) in [7, 11) is 0. The zero-order chi connectivity index (χ0) is 19.1. The van der Waals surface area contributed by atoms with Crippen LogP contribution >= 0.6 is 11.3 Å². The average molecular weight is 395 g/mol. The molecule has 3 aromatic rings. The average Bonchev–Trinajstić information content (AvgIpc) is 3.48. The van der Waals surface area contributed by atoms with Gasteiger partial charge in [-0.25, -0.2) is 9.97 Å². The predicted octanol–water partition coefficient (Wildman–Crippen LogP) is 3.28. The van der Waals surface area contributed by atoms with Crippen molar-refractivity contribution in [2.75, 3.05) is 13.1 Å². The van der Waals surface area contributed by atoms with Gasteiger partial charge in [-0.2, -0.15) is 0 Å². The first kappa shape index (κ1) is 17.6. The maximum Gasteiger partial charge on any atom is 0.282 e. The van der Waals surface area contributed by atoms with E-state index in [1.54, 1.807) is 17.0 Å². The molecular weight excluding hydrogens is 372 g/mol. The number of amides is 1. The molecule has 0 atom stereocenters. The molecule has 0 spiro atoms. The third kappa shape index (κ3) is 3.46. The first-order valence-electron chi connectivity index (χ1n) is 9.88. The highest BCUT2D eigenvalue weighted by Crippen LogP contribution is 2.38. The molecule has 144 valence electrons. The molecule has 1 amide bonds. The Balaban J connectivity index is 1.21. The van der Waals surface area contributed by atoms with E-state index in [9.17, 15) is 9.59 Å². The maximum absolute atomic E-state index is 12.8. The van der Waals surface area contributed by atoms with Crippen molar-refractivity contribution in [3.05, 3.63) is 57.7 Å². The van der Waals surface area contributed by atoms with Crippen LogP contribution in [0.3, 0.4) is 0 Å². The van der Waals surface area contributed by atoms with E-state index in [1.807, 2.05) is 29.2 Å². The van der Waals surface area contributed by atoms with Crippen LogP contribution in [0, 0.1) is 5.92 Å². The second-order valence-corrected chi connectivity index (χ2v) is 8.83. The van der Waals surface area contributed by atoms with Gasteiger partial charge in [-0.1, -0.05) is 12.1 Å². The van der Waals surface area contributed by atoms with Crippen molar-refractivity contribution < 1.29 is 4.79 Å². The van der Waals surface area contributed by atoms with Crippen LogP contribution in [0.1, 0.15) is 47.1 Å². The topological polar surface area (TPSA) is 68.1 Å². The number of aromatic nitrogens is 3. The normalized spacial score (nSPS) is 17.9. The first-order chi connectivity index (χ1) is 13.7. The lowest BCUT2D eigenvalue weighted by atomic mass is 9.96. The molecule has 1 saturated heterocycles. The molecule has 2 aromatic heterocycles. The van der Waals surface area contributed by atoms with Crippen LogP contribution in [0.25, 0.3) is 10.2 Å². The Kier molecular flexibility index (Phi) is 4.47. The van der Waals surface area contributed by atoms with Gasteiger partial charge in [0.15, 0.2) is 5.01 Å². The van der Waals surface area contributed by atoms with Crippen LogP contribution in [-0.4, -0.2) is 38.4 Å².